The first kappa shape index (κ1) is 24.4. The van der Waals surface area contributed by atoms with Gasteiger partial charge in [-0.15, -0.1) is 0 Å². The molecule has 1 aliphatic heterocycles. The molecule has 1 fully saturated rings. The van der Waals surface area contributed by atoms with E-state index in [9.17, 15) is 14.7 Å². The Hall–Kier alpha value is -3.69. The molecule has 0 radical (unpaired) electrons. The van der Waals surface area contributed by atoms with Crippen molar-refractivity contribution in [3.05, 3.63) is 64.7 Å². The van der Waals surface area contributed by atoms with E-state index in [1.54, 1.807) is 36.4 Å². The number of aliphatic hydroxyl groups is 1. The number of carbonyl (C=O) groups is 2. The number of hydroxylamine groups is 2. The Morgan fingerprint density at radius 1 is 1.17 bits per heavy atom. The van der Waals surface area contributed by atoms with Crippen LogP contribution < -0.4 is 16.8 Å². The van der Waals surface area contributed by atoms with Crippen LogP contribution in [0.15, 0.2) is 53.0 Å². The average molecular weight is 478 g/mol. The molecule has 1 aliphatic carbocycles. The van der Waals surface area contributed by atoms with Crippen molar-refractivity contribution in [2.45, 2.75) is 44.8 Å². The molecule has 0 saturated heterocycles. The van der Waals surface area contributed by atoms with Gasteiger partial charge in [0.05, 0.1) is 17.8 Å². The fraction of sp³-hybridized carbons (Fsp3) is 0.346. The second-order valence-corrected chi connectivity index (χ2v) is 9.04. The molecule has 1 heterocycles. The summed E-state index contributed by atoms with van der Waals surface area (Å²) in [4.78, 5) is 36.3. The highest BCUT2D eigenvalue weighted by molar-refractivity contribution is 6.05. The monoisotopic (exact) mass is 477 g/mol. The molecule has 0 bridgehead atoms. The molecule has 9 heteroatoms. The molecule has 0 atom stereocenters. The second-order valence-electron chi connectivity index (χ2n) is 9.04. The Balaban J connectivity index is 1.52. The average Bonchev–Trinajstić information content (AvgIpc) is 3.64. The van der Waals surface area contributed by atoms with Gasteiger partial charge in [0, 0.05) is 35.4 Å². The Kier molecular flexibility index (Phi) is 7.18. The molecule has 0 spiro atoms. The zero-order valence-electron chi connectivity index (χ0n) is 19.8. The minimum absolute atomic E-state index is 0.0857. The Bertz CT molecular complexity index is 1170. The summed E-state index contributed by atoms with van der Waals surface area (Å²) in [7, 11) is 0. The van der Waals surface area contributed by atoms with Gasteiger partial charge in [0.15, 0.2) is 0 Å². The van der Waals surface area contributed by atoms with Crippen molar-refractivity contribution in [3.8, 4) is 0 Å². The lowest BCUT2D eigenvalue weighted by molar-refractivity contribution is -0.187. The van der Waals surface area contributed by atoms with E-state index in [-0.39, 0.29) is 37.3 Å². The highest BCUT2D eigenvalue weighted by Gasteiger charge is 2.43. The van der Waals surface area contributed by atoms with Crippen LogP contribution in [0.3, 0.4) is 0 Å². The van der Waals surface area contributed by atoms with E-state index in [4.69, 9.17) is 16.3 Å². The number of nitrogens with two attached hydrogens (primary N) is 2. The maximum atomic E-state index is 13.4. The van der Waals surface area contributed by atoms with Gasteiger partial charge in [-0.05, 0) is 55.2 Å². The van der Waals surface area contributed by atoms with Crippen molar-refractivity contribution in [1.82, 2.24) is 10.4 Å². The van der Waals surface area contributed by atoms with Gasteiger partial charge in [-0.2, -0.15) is 0 Å². The first-order valence-corrected chi connectivity index (χ1v) is 11.7. The molecular formula is C26H31N5O4. The topological polar surface area (TPSA) is 143 Å². The number of fused-ring (bicyclic) bond motifs is 1. The molecular weight excluding hydrogens is 446 g/mol. The Morgan fingerprint density at radius 2 is 1.91 bits per heavy atom. The SMILES string of the molecule is CCCN(OCc1ccc(N)cc1)C(=O)C1=Cc2ccc(C(=O)NC3(CO)CC3)cc2N=C(N)C1. The highest BCUT2D eigenvalue weighted by Crippen LogP contribution is 2.35. The van der Waals surface area contributed by atoms with Crippen molar-refractivity contribution in [2.75, 3.05) is 18.9 Å². The van der Waals surface area contributed by atoms with Gasteiger partial charge in [-0.25, -0.2) is 10.1 Å². The largest absolute Gasteiger partial charge is 0.399 e. The Labute approximate surface area is 204 Å². The van der Waals surface area contributed by atoms with Crippen molar-refractivity contribution >= 4 is 35.1 Å². The van der Waals surface area contributed by atoms with Crippen molar-refractivity contribution < 1.29 is 19.5 Å². The number of nitrogen functional groups attached to an aromatic ring is 1. The molecule has 2 aliphatic rings. The predicted octanol–water partition coefficient (Wildman–Crippen LogP) is 2.67. The summed E-state index contributed by atoms with van der Waals surface area (Å²) in [5, 5.41) is 13.7. The first-order chi connectivity index (χ1) is 16.8. The number of nitrogens with zero attached hydrogens (tertiary/aromatic N) is 2. The van der Waals surface area contributed by atoms with E-state index in [0.717, 1.165) is 18.4 Å². The maximum Gasteiger partial charge on any atom is 0.273 e. The van der Waals surface area contributed by atoms with Crippen LogP contribution in [0, 0.1) is 0 Å². The second kappa shape index (κ2) is 10.3. The molecule has 0 aromatic heterocycles. The lowest BCUT2D eigenvalue weighted by atomic mass is 10.0. The predicted molar refractivity (Wildman–Crippen MR) is 134 cm³/mol. The third-order valence-electron chi connectivity index (χ3n) is 6.09. The minimum atomic E-state index is -0.513. The zero-order chi connectivity index (χ0) is 25.0. The summed E-state index contributed by atoms with van der Waals surface area (Å²) in [6, 6.07) is 12.4. The van der Waals surface area contributed by atoms with Gasteiger partial charge in [-0.3, -0.25) is 14.4 Å². The number of rotatable bonds is 9. The van der Waals surface area contributed by atoms with Crippen LogP contribution in [0.25, 0.3) is 6.08 Å². The van der Waals surface area contributed by atoms with Gasteiger partial charge in [-0.1, -0.05) is 25.1 Å². The van der Waals surface area contributed by atoms with E-state index >= 15 is 0 Å². The number of aliphatic hydroxyl groups excluding tert-OH is 1. The molecule has 2 aromatic carbocycles. The lowest BCUT2D eigenvalue weighted by Crippen LogP contribution is -2.39. The summed E-state index contributed by atoms with van der Waals surface area (Å²) < 4.78 is 0. The molecule has 1 saturated carbocycles. The van der Waals surface area contributed by atoms with Gasteiger partial charge in [0.2, 0.25) is 0 Å². The smallest absolute Gasteiger partial charge is 0.273 e. The number of benzene rings is 2. The van der Waals surface area contributed by atoms with Crippen LogP contribution in [0.4, 0.5) is 11.4 Å². The molecule has 2 amide bonds. The number of amidine groups is 1. The van der Waals surface area contributed by atoms with E-state index < -0.39 is 5.54 Å². The van der Waals surface area contributed by atoms with Crippen LogP contribution in [0.2, 0.25) is 0 Å². The molecule has 35 heavy (non-hydrogen) atoms. The van der Waals surface area contributed by atoms with Gasteiger partial charge >= 0.3 is 0 Å². The molecule has 9 nitrogen and oxygen atoms in total. The molecule has 4 rings (SSSR count). The quantitative estimate of drug-likeness (QED) is 0.323. The fourth-order valence-electron chi connectivity index (χ4n) is 3.81. The molecule has 184 valence electrons. The van der Waals surface area contributed by atoms with Gasteiger partial charge in [0.1, 0.15) is 12.4 Å². The molecule has 2 aromatic rings. The zero-order valence-corrected chi connectivity index (χ0v) is 19.8. The van der Waals surface area contributed by atoms with Crippen LogP contribution in [0.5, 0.6) is 0 Å². The van der Waals surface area contributed by atoms with Crippen LogP contribution >= 0.6 is 0 Å². The number of hydrogen-bond acceptors (Lipinski definition) is 7. The molecule has 6 N–H and O–H groups in total. The van der Waals surface area contributed by atoms with Crippen molar-refractivity contribution in [2.24, 2.45) is 10.7 Å². The fourth-order valence-corrected chi connectivity index (χ4v) is 3.81. The van der Waals surface area contributed by atoms with Gasteiger partial charge < -0.3 is 21.9 Å². The summed E-state index contributed by atoms with van der Waals surface area (Å²) >= 11 is 0. The number of anilines is 1. The van der Waals surface area contributed by atoms with Crippen LogP contribution in [0.1, 0.15) is 54.1 Å². The highest BCUT2D eigenvalue weighted by atomic mass is 16.7. The standard InChI is InChI=1S/C26H31N5O4/c1-2-11-31(35-15-17-3-7-21(27)8-4-17)25(34)20-12-18-5-6-19(13-22(18)29-23(28)14-20)24(33)30-26(16-32)9-10-26/h3-8,12-13,32H,2,9-11,14-16,27H2,1H3,(H2,28,29)(H,30,33). The van der Waals surface area contributed by atoms with Crippen molar-refractivity contribution in [1.29, 1.82) is 0 Å². The number of carbonyl (C=O) groups excluding carboxylic acids is 2. The van der Waals surface area contributed by atoms with Crippen LogP contribution in [-0.2, 0) is 16.2 Å². The minimum Gasteiger partial charge on any atom is -0.399 e. The summed E-state index contributed by atoms with van der Waals surface area (Å²) in [6.07, 6.45) is 4.14. The lowest BCUT2D eigenvalue weighted by Gasteiger charge is -2.22. The summed E-state index contributed by atoms with van der Waals surface area (Å²) in [5.41, 5.74) is 15.0. The summed E-state index contributed by atoms with van der Waals surface area (Å²) in [6.45, 7) is 2.53. The first-order valence-electron chi connectivity index (χ1n) is 11.7. The number of nitrogens with one attached hydrogen (secondary N) is 1. The maximum absolute atomic E-state index is 13.4. The van der Waals surface area contributed by atoms with Crippen LogP contribution in [-0.4, -0.2) is 46.5 Å². The van der Waals surface area contributed by atoms with E-state index in [0.29, 0.717) is 41.0 Å². The van der Waals surface area contributed by atoms with Gasteiger partial charge in [0.25, 0.3) is 11.8 Å². The normalized spacial score (nSPS) is 15.8. The third kappa shape index (κ3) is 5.87. The van der Waals surface area contributed by atoms with E-state index in [2.05, 4.69) is 10.3 Å². The molecule has 0 unspecified atom stereocenters. The van der Waals surface area contributed by atoms with E-state index in [1.165, 1.54) is 5.06 Å². The summed E-state index contributed by atoms with van der Waals surface area (Å²) in [5.74, 6) is -0.290. The third-order valence-corrected chi connectivity index (χ3v) is 6.09. The number of aliphatic imine (C=N–C) groups is 1. The van der Waals surface area contributed by atoms with Crippen molar-refractivity contribution in [3.63, 3.8) is 0 Å². The number of amides is 2. The van der Waals surface area contributed by atoms with E-state index in [1.807, 2.05) is 19.1 Å². The number of hydrogen-bond donors (Lipinski definition) is 4. The Morgan fingerprint density at radius 3 is 2.57 bits per heavy atom.